The second kappa shape index (κ2) is 6.24. The number of benzene rings is 1. The summed E-state index contributed by atoms with van der Waals surface area (Å²) in [4.78, 5) is 31.6. The Morgan fingerprint density at radius 2 is 1.88 bits per heavy atom. The molecule has 0 saturated heterocycles. The van der Waals surface area contributed by atoms with Gasteiger partial charge in [0.05, 0.1) is 11.2 Å². The summed E-state index contributed by atoms with van der Waals surface area (Å²) in [6, 6.07) is 7.26. The molecule has 0 saturated carbocycles. The summed E-state index contributed by atoms with van der Waals surface area (Å²) >= 11 is 0. The Hall–Kier alpha value is -2.69. The van der Waals surface area contributed by atoms with E-state index in [1.165, 1.54) is 11.8 Å². The number of nitrogens with zero attached hydrogens (tertiary/aromatic N) is 2. The number of fused-ring (bicyclic) bond motifs is 2. The van der Waals surface area contributed by atoms with Crippen LogP contribution in [-0.2, 0) is 9.59 Å². The summed E-state index contributed by atoms with van der Waals surface area (Å²) in [5.41, 5.74) is 4.03. The topological polar surface area (TPSA) is 62.3 Å². The van der Waals surface area contributed by atoms with E-state index in [0.29, 0.717) is 0 Å². The molecule has 1 aromatic heterocycles. The van der Waals surface area contributed by atoms with Crippen molar-refractivity contribution in [1.82, 2.24) is 15.2 Å². The van der Waals surface area contributed by atoms with E-state index in [1.54, 1.807) is 6.20 Å². The summed E-state index contributed by atoms with van der Waals surface area (Å²) in [7, 11) is 0. The van der Waals surface area contributed by atoms with Crippen molar-refractivity contribution >= 4 is 28.3 Å². The molecule has 26 heavy (non-hydrogen) atoms. The van der Waals surface area contributed by atoms with Crippen LogP contribution >= 0.6 is 0 Å². The highest BCUT2D eigenvalue weighted by atomic mass is 16.2. The second-order valence-corrected chi connectivity index (χ2v) is 7.95. The fourth-order valence-electron chi connectivity index (χ4n) is 3.36. The van der Waals surface area contributed by atoms with Crippen LogP contribution in [0.1, 0.15) is 57.5 Å². The maximum absolute atomic E-state index is 13.0. The quantitative estimate of drug-likeness (QED) is 0.852. The second-order valence-electron chi connectivity index (χ2n) is 7.95. The van der Waals surface area contributed by atoms with Crippen molar-refractivity contribution in [2.45, 2.75) is 53.1 Å². The van der Waals surface area contributed by atoms with Gasteiger partial charge >= 0.3 is 0 Å². The Bertz CT molecular complexity index is 938. The molecule has 2 aromatic rings. The molecule has 1 unspecified atom stereocenters. The monoisotopic (exact) mass is 351 g/mol. The van der Waals surface area contributed by atoms with Gasteiger partial charge in [-0.3, -0.25) is 9.59 Å². The number of para-hydroxylation sites is 1. The van der Waals surface area contributed by atoms with Crippen LogP contribution < -0.4 is 5.32 Å². The minimum absolute atomic E-state index is 0.173. The molecule has 1 atom stereocenters. The fourth-order valence-corrected chi connectivity index (χ4v) is 3.36. The van der Waals surface area contributed by atoms with Crippen LogP contribution in [-0.4, -0.2) is 27.2 Å². The fraction of sp³-hybridized carbons (Fsp3) is 0.381. The standard InChI is InChI=1S/C21H25N3O2/c1-12-8-7-9-15-10-16-18(22-17(12)15)13(2)11-24(14(3)25)19(16)20(26)23-21(4,5)6/h7-11,19H,1-6H3,(H,23,26). The number of amides is 2. The predicted molar refractivity (Wildman–Crippen MR) is 103 cm³/mol. The van der Waals surface area contributed by atoms with Crippen molar-refractivity contribution in [2.24, 2.45) is 0 Å². The normalized spacial score (nSPS) is 16.9. The third-order valence-electron chi connectivity index (χ3n) is 4.47. The molecule has 3 rings (SSSR count). The van der Waals surface area contributed by atoms with E-state index in [-0.39, 0.29) is 11.8 Å². The lowest BCUT2D eigenvalue weighted by Crippen LogP contribution is -2.48. The third kappa shape index (κ3) is 3.21. The van der Waals surface area contributed by atoms with Gasteiger partial charge in [-0.1, -0.05) is 18.2 Å². The number of carbonyl (C=O) groups excluding carboxylic acids is 2. The summed E-state index contributed by atoms with van der Waals surface area (Å²) in [6.45, 7) is 11.2. The lowest BCUT2D eigenvalue weighted by molar-refractivity contribution is -0.137. The number of hydrogen-bond donors (Lipinski definition) is 1. The van der Waals surface area contributed by atoms with Gasteiger partial charge in [0, 0.05) is 29.6 Å². The van der Waals surface area contributed by atoms with Crippen LogP contribution in [0.4, 0.5) is 0 Å². The maximum atomic E-state index is 13.0. The molecule has 1 aromatic carbocycles. The summed E-state index contributed by atoms with van der Waals surface area (Å²) < 4.78 is 0. The summed E-state index contributed by atoms with van der Waals surface area (Å²) in [5.74, 6) is -0.375. The molecule has 1 aliphatic heterocycles. The SMILES string of the molecule is CC(=O)N1C=C(C)c2nc3c(C)cccc3cc2C1C(=O)NC(C)(C)C. The van der Waals surface area contributed by atoms with E-state index in [9.17, 15) is 9.59 Å². The largest absolute Gasteiger partial charge is 0.349 e. The van der Waals surface area contributed by atoms with Crippen LogP contribution in [0, 0.1) is 6.92 Å². The van der Waals surface area contributed by atoms with Crippen molar-refractivity contribution in [3.05, 3.63) is 47.3 Å². The van der Waals surface area contributed by atoms with Gasteiger partial charge in [0.25, 0.3) is 0 Å². The van der Waals surface area contributed by atoms with Crippen molar-refractivity contribution in [2.75, 3.05) is 0 Å². The van der Waals surface area contributed by atoms with Crippen LogP contribution in [0.15, 0.2) is 30.5 Å². The van der Waals surface area contributed by atoms with Gasteiger partial charge in [-0.25, -0.2) is 4.98 Å². The first-order valence-electron chi connectivity index (χ1n) is 8.78. The average Bonchev–Trinajstić information content (AvgIpc) is 2.52. The lowest BCUT2D eigenvalue weighted by Gasteiger charge is -2.35. The number of nitrogens with one attached hydrogen (secondary N) is 1. The highest BCUT2D eigenvalue weighted by Gasteiger charge is 2.36. The van der Waals surface area contributed by atoms with Gasteiger partial charge in [-0.15, -0.1) is 0 Å². The molecule has 0 aliphatic carbocycles. The smallest absolute Gasteiger partial charge is 0.248 e. The molecule has 0 bridgehead atoms. The number of pyridine rings is 1. The molecule has 0 spiro atoms. The molecule has 5 nitrogen and oxygen atoms in total. The summed E-state index contributed by atoms with van der Waals surface area (Å²) in [5, 5.41) is 3.97. The van der Waals surface area contributed by atoms with Gasteiger partial charge in [0.15, 0.2) is 0 Å². The van der Waals surface area contributed by atoms with E-state index in [1.807, 2.05) is 58.9 Å². The van der Waals surface area contributed by atoms with E-state index < -0.39 is 11.6 Å². The Kier molecular flexibility index (Phi) is 4.34. The maximum Gasteiger partial charge on any atom is 0.248 e. The molecule has 2 heterocycles. The van der Waals surface area contributed by atoms with Crippen molar-refractivity contribution < 1.29 is 9.59 Å². The van der Waals surface area contributed by atoms with Crippen molar-refractivity contribution in [3.8, 4) is 0 Å². The van der Waals surface area contributed by atoms with E-state index in [2.05, 4.69) is 5.32 Å². The molecule has 136 valence electrons. The minimum atomic E-state index is -0.720. The summed E-state index contributed by atoms with van der Waals surface area (Å²) in [6.07, 6.45) is 1.73. The highest BCUT2D eigenvalue weighted by molar-refractivity contribution is 5.95. The number of hydrogen-bond acceptors (Lipinski definition) is 3. The van der Waals surface area contributed by atoms with Crippen LogP contribution in [0.5, 0.6) is 0 Å². The van der Waals surface area contributed by atoms with Gasteiger partial charge < -0.3 is 10.2 Å². The van der Waals surface area contributed by atoms with E-state index in [4.69, 9.17) is 4.98 Å². The number of allylic oxidation sites excluding steroid dienone is 1. The van der Waals surface area contributed by atoms with Crippen LogP contribution in [0.3, 0.4) is 0 Å². The zero-order chi connectivity index (χ0) is 19.2. The van der Waals surface area contributed by atoms with Crippen LogP contribution in [0.25, 0.3) is 16.5 Å². The Morgan fingerprint density at radius 3 is 2.50 bits per heavy atom. The van der Waals surface area contributed by atoms with Gasteiger partial charge in [-0.05, 0) is 51.8 Å². The number of rotatable bonds is 1. The minimum Gasteiger partial charge on any atom is -0.349 e. The van der Waals surface area contributed by atoms with Crippen LogP contribution in [0.2, 0.25) is 0 Å². The molecular formula is C21H25N3O2. The molecule has 1 aliphatic rings. The predicted octanol–water partition coefficient (Wildman–Crippen LogP) is 3.72. The van der Waals surface area contributed by atoms with Gasteiger partial charge in [-0.2, -0.15) is 0 Å². The third-order valence-corrected chi connectivity index (χ3v) is 4.47. The Balaban J connectivity index is 2.23. The van der Waals surface area contributed by atoms with Gasteiger partial charge in [0.2, 0.25) is 11.8 Å². The Morgan fingerprint density at radius 1 is 1.19 bits per heavy atom. The van der Waals surface area contributed by atoms with Gasteiger partial charge in [0.1, 0.15) is 6.04 Å². The number of aromatic nitrogens is 1. The highest BCUT2D eigenvalue weighted by Crippen LogP contribution is 2.36. The van der Waals surface area contributed by atoms with Crippen molar-refractivity contribution in [1.29, 1.82) is 0 Å². The number of carbonyl (C=O) groups is 2. The molecule has 0 fully saturated rings. The first kappa shape index (κ1) is 18.1. The van der Waals surface area contributed by atoms with E-state index in [0.717, 1.165) is 33.3 Å². The average molecular weight is 351 g/mol. The molecule has 1 N–H and O–H groups in total. The Labute approximate surface area is 154 Å². The molecular weight excluding hydrogens is 326 g/mol. The zero-order valence-corrected chi connectivity index (χ0v) is 16.2. The zero-order valence-electron chi connectivity index (χ0n) is 16.2. The first-order chi connectivity index (χ1) is 12.1. The molecule has 2 amide bonds. The molecule has 5 heteroatoms. The number of aryl methyl sites for hydroxylation is 1. The van der Waals surface area contributed by atoms with E-state index >= 15 is 0 Å². The lowest BCUT2D eigenvalue weighted by atomic mass is 9.92. The van der Waals surface area contributed by atoms with Crippen molar-refractivity contribution in [3.63, 3.8) is 0 Å². The molecule has 0 radical (unpaired) electrons. The first-order valence-corrected chi connectivity index (χ1v) is 8.78.